The Morgan fingerprint density at radius 1 is 1.00 bits per heavy atom. The molecule has 0 aromatic heterocycles. The molecule has 0 aliphatic rings. The standard InChI is InChI=1S/C17H32O2/c1-14(2)10-8-6-7-9-11-16(5)12-13-19-17(18)15(3)4/h14,16H,3,6-13H2,1-2,4-5H3. The summed E-state index contributed by atoms with van der Waals surface area (Å²) in [6.07, 6.45) is 8.91. The van der Waals surface area contributed by atoms with Crippen molar-refractivity contribution < 1.29 is 9.53 Å². The van der Waals surface area contributed by atoms with Crippen LogP contribution < -0.4 is 0 Å². The van der Waals surface area contributed by atoms with Gasteiger partial charge in [0.05, 0.1) is 6.61 Å². The molecule has 0 saturated heterocycles. The Morgan fingerprint density at radius 3 is 2.11 bits per heavy atom. The summed E-state index contributed by atoms with van der Waals surface area (Å²) in [5, 5.41) is 0. The van der Waals surface area contributed by atoms with Crippen LogP contribution in [0.5, 0.6) is 0 Å². The Morgan fingerprint density at radius 2 is 1.58 bits per heavy atom. The first-order chi connectivity index (χ1) is 8.93. The topological polar surface area (TPSA) is 26.3 Å². The molecule has 0 heterocycles. The molecule has 1 atom stereocenters. The van der Waals surface area contributed by atoms with Crippen molar-refractivity contribution in [3.05, 3.63) is 12.2 Å². The summed E-state index contributed by atoms with van der Waals surface area (Å²) in [6, 6.07) is 0. The van der Waals surface area contributed by atoms with E-state index in [1.807, 2.05) is 0 Å². The van der Waals surface area contributed by atoms with E-state index in [4.69, 9.17) is 4.74 Å². The molecule has 0 aromatic carbocycles. The Hall–Kier alpha value is -0.790. The molecule has 2 heteroatoms. The highest BCUT2D eigenvalue weighted by Gasteiger charge is 2.06. The van der Waals surface area contributed by atoms with Crippen molar-refractivity contribution in [2.75, 3.05) is 6.61 Å². The Kier molecular flexibility index (Phi) is 10.6. The van der Waals surface area contributed by atoms with E-state index in [0.717, 1.165) is 12.3 Å². The fourth-order valence-corrected chi connectivity index (χ4v) is 2.02. The number of unbranched alkanes of at least 4 members (excludes halogenated alkanes) is 3. The Balaban J connectivity index is 3.37. The van der Waals surface area contributed by atoms with Crippen LogP contribution >= 0.6 is 0 Å². The third kappa shape index (κ3) is 12.0. The summed E-state index contributed by atoms with van der Waals surface area (Å²) in [5.41, 5.74) is 0.484. The lowest BCUT2D eigenvalue weighted by molar-refractivity contribution is -0.139. The SMILES string of the molecule is C=C(C)C(=O)OCCC(C)CCCCCCC(C)C. The molecule has 0 rings (SSSR count). The van der Waals surface area contributed by atoms with Gasteiger partial charge in [0.2, 0.25) is 0 Å². The van der Waals surface area contributed by atoms with E-state index in [-0.39, 0.29) is 5.97 Å². The van der Waals surface area contributed by atoms with E-state index in [9.17, 15) is 4.79 Å². The molecule has 19 heavy (non-hydrogen) atoms. The molecule has 0 spiro atoms. The van der Waals surface area contributed by atoms with Crippen LogP contribution in [0.15, 0.2) is 12.2 Å². The Bertz CT molecular complexity index is 256. The predicted molar refractivity (Wildman–Crippen MR) is 82.1 cm³/mol. The van der Waals surface area contributed by atoms with E-state index >= 15 is 0 Å². The van der Waals surface area contributed by atoms with Crippen LogP contribution in [0, 0.1) is 11.8 Å². The fourth-order valence-electron chi connectivity index (χ4n) is 2.02. The maximum atomic E-state index is 11.2. The number of carbonyl (C=O) groups is 1. The fraction of sp³-hybridized carbons (Fsp3) is 0.824. The van der Waals surface area contributed by atoms with Crippen molar-refractivity contribution in [3.63, 3.8) is 0 Å². The summed E-state index contributed by atoms with van der Waals surface area (Å²) in [5.74, 6) is 1.21. The summed E-state index contributed by atoms with van der Waals surface area (Å²) in [7, 11) is 0. The zero-order valence-corrected chi connectivity index (χ0v) is 13.3. The van der Waals surface area contributed by atoms with E-state index in [2.05, 4.69) is 27.4 Å². The third-order valence-electron chi connectivity index (χ3n) is 3.42. The van der Waals surface area contributed by atoms with Gasteiger partial charge in [-0.05, 0) is 25.2 Å². The Labute approximate surface area is 119 Å². The molecule has 0 amide bonds. The molecule has 0 fully saturated rings. The van der Waals surface area contributed by atoms with E-state index in [1.54, 1.807) is 6.92 Å². The third-order valence-corrected chi connectivity index (χ3v) is 3.42. The molecular formula is C17H32O2. The smallest absolute Gasteiger partial charge is 0.333 e. The number of rotatable bonds is 11. The summed E-state index contributed by atoms with van der Waals surface area (Å²) in [6.45, 7) is 12.6. The molecule has 0 radical (unpaired) electrons. The van der Waals surface area contributed by atoms with Crippen LogP contribution in [0.1, 0.15) is 72.6 Å². The normalized spacial score (nSPS) is 12.5. The average molecular weight is 268 g/mol. The highest BCUT2D eigenvalue weighted by atomic mass is 16.5. The molecule has 2 nitrogen and oxygen atoms in total. The van der Waals surface area contributed by atoms with Gasteiger partial charge in [0.15, 0.2) is 0 Å². The molecule has 112 valence electrons. The van der Waals surface area contributed by atoms with E-state index < -0.39 is 0 Å². The zero-order valence-electron chi connectivity index (χ0n) is 13.3. The molecule has 0 aliphatic carbocycles. The second-order valence-corrected chi connectivity index (χ2v) is 6.20. The number of carbonyl (C=O) groups excluding carboxylic acids is 1. The van der Waals surface area contributed by atoms with Crippen LogP contribution in [0.25, 0.3) is 0 Å². The highest BCUT2D eigenvalue weighted by molar-refractivity contribution is 5.86. The maximum absolute atomic E-state index is 11.2. The second kappa shape index (κ2) is 11.1. The van der Waals surface area contributed by atoms with Crippen molar-refractivity contribution in [1.29, 1.82) is 0 Å². The quantitative estimate of drug-likeness (QED) is 0.295. The zero-order chi connectivity index (χ0) is 14.7. The van der Waals surface area contributed by atoms with Gasteiger partial charge in [-0.1, -0.05) is 65.9 Å². The molecule has 0 aliphatic heterocycles. The van der Waals surface area contributed by atoms with Crippen molar-refractivity contribution in [1.82, 2.24) is 0 Å². The first-order valence-electron chi connectivity index (χ1n) is 7.76. The van der Waals surface area contributed by atoms with Crippen molar-refractivity contribution >= 4 is 5.97 Å². The summed E-state index contributed by atoms with van der Waals surface area (Å²) >= 11 is 0. The van der Waals surface area contributed by atoms with Gasteiger partial charge in [0.1, 0.15) is 0 Å². The predicted octanol–water partition coefficient (Wildman–Crippen LogP) is 5.13. The number of esters is 1. The van der Waals surface area contributed by atoms with Gasteiger partial charge in [-0.15, -0.1) is 0 Å². The van der Waals surface area contributed by atoms with Crippen LogP contribution in [-0.4, -0.2) is 12.6 Å². The second-order valence-electron chi connectivity index (χ2n) is 6.20. The van der Waals surface area contributed by atoms with Crippen molar-refractivity contribution in [2.45, 2.75) is 72.6 Å². The monoisotopic (exact) mass is 268 g/mol. The van der Waals surface area contributed by atoms with E-state index in [0.29, 0.717) is 18.1 Å². The van der Waals surface area contributed by atoms with Gasteiger partial charge >= 0.3 is 5.97 Å². The molecule has 0 saturated carbocycles. The first-order valence-corrected chi connectivity index (χ1v) is 7.76. The summed E-state index contributed by atoms with van der Waals surface area (Å²) < 4.78 is 5.11. The number of ether oxygens (including phenoxy) is 1. The summed E-state index contributed by atoms with van der Waals surface area (Å²) in [4.78, 5) is 11.2. The largest absolute Gasteiger partial charge is 0.462 e. The van der Waals surface area contributed by atoms with Crippen LogP contribution in [0.3, 0.4) is 0 Å². The van der Waals surface area contributed by atoms with Gasteiger partial charge in [-0.25, -0.2) is 4.79 Å². The lowest BCUT2D eigenvalue weighted by atomic mass is 9.98. The molecule has 0 N–H and O–H groups in total. The van der Waals surface area contributed by atoms with Gasteiger partial charge in [-0.2, -0.15) is 0 Å². The lowest BCUT2D eigenvalue weighted by Gasteiger charge is -2.11. The van der Waals surface area contributed by atoms with Crippen LogP contribution in [0.4, 0.5) is 0 Å². The minimum atomic E-state index is -0.263. The minimum Gasteiger partial charge on any atom is -0.462 e. The lowest BCUT2D eigenvalue weighted by Crippen LogP contribution is -2.09. The molecule has 0 bridgehead atoms. The van der Waals surface area contributed by atoms with Crippen molar-refractivity contribution in [3.8, 4) is 0 Å². The molecular weight excluding hydrogens is 236 g/mol. The van der Waals surface area contributed by atoms with Gasteiger partial charge in [0, 0.05) is 5.57 Å². The van der Waals surface area contributed by atoms with Gasteiger partial charge in [0.25, 0.3) is 0 Å². The highest BCUT2D eigenvalue weighted by Crippen LogP contribution is 2.15. The molecule has 1 unspecified atom stereocenters. The van der Waals surface area contributed by atoms with Crippen molar-refractivity contribution in [2.24, 2.45) is 11.8 Å². The maximum Gasteiger partial charge on any atom is 0.333 e. The molecule has 0 aromatic rings. The van der Waals surface area contributed by atoms with Gasteiger partial charge in [-0.3, -0.25) is 0 Å². The first kappa shape index (κ1) is 18.2. The minimum absolute atomic E-state index is 0.263. The average Bonchev–Trinajstić information content (AvgIpc) is 2.32. The van der Waals surface area contributed by atoms with Gasteiger partial charge < -0.3 is 4.74 Å². The van der Waals surface area contributed by atoms with E-state index in [1.165, 1.54) is 38.5 Å². The number of hydrogen-bond acceptors (Lipinski definition) is 2. The number of hydrogen-bond donors (Lipinski definition) is 0. The van der Waals surface area contributed by atoms with Crippen LogP contribution in [-0.2, 0) is 9.53 Å². The van der Waals surface area contributed by atoms with Crippen LogP contribution in [0.2, 0.25) is 0 Å².